The van der Waals surface area contributed by atoms with Crippen molar-refractivity contribution >= 4 is 38.5 Å². The minimum atomic E-state index is -0.248. The van der Waals surface area contributed by atoms with E-state index in [2.05, 4.69) is 10.3 Å². The first-order valence-electron chi connectivity index (χ1n) is 8.66. The predicted octanol–water partition coefficient (Wildman–Crippen LogP) is 2.20. The Morgan fingerprint density at radius 2 is 2.15 bits per heavy atom. The highest BCUT2D eigenvalue weighted by molar-refractivity contribution is 7.22. The molecule has 3 rings (SSSR count). The number of aromatic nitrogens is 1. The molecule has 1 saturated heterocycles. The zero-order valence-electron chi connectivity index (χ0n) is 15.6. The van der Waals surface area contributed by atoms with Gasteiger partial charge in [-0.2, -0.15) is 0 Å². The van der Waals surface area contributed by atoms with Crippen LogP contribution in [0.4, 0.5) is 5.13 Å². The van der Waals surface area contributed by atoms with E-state index in [1.165, 1.54) is 16.2 Å². The molecule has 1 aromatic heterocycles. The number of carbonyl (C=O) groups is 2. The number of nitrogens with one attached hydrogen (secondary N) is 1. The predicted molar refractivity (Wildman–Crippen MR) is 102 cm³/mol. The normalized spacial score (nSPS) is 16.9. The maximum Gasteiger partial charge on any atom is 0.226 e. The molecule has 1 N–H and O–H groups in total. The van der Waals surface area contributed by atoms with Crippen molar-refractivity contribution in [3.05, 3.63) is 17.7 Å². The molecule has 9 heteroatoms. The molecule has 2 aromatic rings. The van der Waals surface area contributed by atoms with Crippen molar-refractivity contribution < 1.29 is 23.8 Å². The van der Waals surface area contributed by atoms with Crippen LogP contribution in [0.15, 0.2) is 12.1 Å². The number of fused-ring (bicyclic) bond motifs is 1. The lowest BCUT2D eigenvalue weighted by atomic mass is 10.1. The molecule has 1 fully saturated rings. The third kappa shape index (κ3) is 4.55. The number of amides is 2. The van der Waals surface area contributed by atoms with Gasteiger partial charge >= 0.3 is 0 Å². The van der Waals surface area contributed by atoms with Gasteiger partial charge in [-0.3, -0.25) is 9.59 Å². The highest BCUT2D eigenvalue weighted by Gasteiger charge is 2.23. The first kappa shape index (κ1) is 19.5. The van der Waals surface area contributed by atoms with Crippen LogP contribution < -0.4 is 10.1 Å². The number of carbonyl (C=O) groups excluding carboxylic acids is 2. The minimum absolute atomic E-state index is 0.0900. The van der Waals surface area contributed by atoms with Gasteiger partial charge in [0.05, 0.1) is 31.6 Å². The van der Waals surface area contributed by atoms with Gasteiger partial charge in [0.2, 0.25) is 11.8 Å². The van der Waals surface area contributed by atoms with E-state index in [0.29, 0.717) is 36.2 Å². The van der Waals surface area contributed by atoms with E-state index < -0.39 is 0 Å². The molecular formula is C18H23N3O5S. The smallest absolute Gasteiger partial charge is 0.226 e. The molecule has 1 unspecified atom stereocenters. The number of thiazole rings is 1. The molecule has 1 aliphatic heterocycles. The molecule has 1 aromatic carbocycles. The van der Waals surface area contributed by atoms with Crippen LogP contribution in [0.25, 0.3) is 10.2 Å². The van der Waals surface area contributed by atoms with Gasteiger partial charge < -0.3 is 24.4 Å². The monoisotopic (exact) mass is 393 g/mol. The van der Waals surface area contributed by atoms with E-state index >= 15 is 0 Å². The first-order chi connectivity index (χ1) is 13.0. The van der Waals surface area contributed by atoms with Crippen LogP contribution >= 0.6 is 11.3 Å². The maximum atomic E-state index is 12.2. The van der Waals surface area contributed by atoms with E-state index in [1.54, 1.807) is 21.2 Å². The maximum absolute atomic E-state index is 12.2. The number of rotatable bonds is 6. The van der Waals surface area contributed by atoms with Gasteiger partial charge in [0.15, 0.2) is 5.13 Å². The van der Waals surface area contributed by atoms with Crippen LogP contribution in [0, 0.1) is 0 Å². The summed E-state index contributed by atoms with van der Waals surface area (Å²) in [6, 6.07) is 3.79. The molecule has 146 valence electrons. The number of ether oxygens (including phenoxy) is 3. The minimum Gasteiger partial charge on any atom is -0.494 e. The SMILES string of the molecule is COc1ccc(C2COCCO2)c2sc(NC(=O)CCC(=O)N(C)C)nc12. The molecule has 8 nitrogen and oxygen atoms in total. The summed E-state index contributed by atoms with van der Waals surface area (Å²) in [5, 5.41) is 3.24. The highest BCUT2D eigenvalue weighted by Crippen LogP contribution is 2.39. The number of anilines is 1. The summed E-state index contributed by atoms with van der Waals surface area (Å²) in [5.41, 5.74) is 1.64. The van der Waals surface area contributed by atoms with Crippen molar-refractivity contribution in [3.8, 4) is 5.75 Å². The lowest BCUT2D eigenvalue weighted by Crippen LogP contribution is -2.23. The van der Waals surface area contributed by atoms with Crippen LogP contribution in [0.1, 0.15) is 24.5 Å². The van der Waals surface area contributed by atoms with Crippen LogP contribution in [-0.4, -0.2) is 62.7 Å². The fourth-order valence-electron chi connectivity index (χ4n) is 2.77. The van der Waals surface area contributed by atoms with Crippen LogP contribution in [-0.2, 0) is 19.1 Å². The molecule has 1 atom stereocenters. The Morgan fingerprint density at radius 3 is 2.81 bits per heavy atom. The molecule has 2 heterocycles. The van der Waals surface area contributed by atoms with Gasteiger partial charge in [-0.15, -0.1) is 0 Å². The number of nitrogens with zero attached hydrogens (tertiary/aromatic N) is 2. The second kappa shape index (κ2) is 8.64. The molecule has 0 saturated carbocycles. The molecule has 0 bridgehead atoms. The number of hydrogen-bond donors (Lipinski definition) is 1. The van der Waals surface area contributed by atoms with Gasteiger partial charge in [-0.1, -0.05) is 17.4 Å². The Labute approximate surface area is 161 Å². The Bertz CT molecular complexity index is 830. The zero-order valence-corrected chi connectivity index (χ0v) is 16.4. The summed E-state index contributed by atoms with van der Waals surface area (Å²) in [6.45, 7) is 1.61. The van der Waals surface area contributed by atoms with Crippen LogP contribution in [0.5, 0.6) is 5.75 Å². The van der Waals surface area contributed by atoms with E-state index in [1.807, 2.05) is 12.1 Å². The molecule has 0 aliphatic carbocycles. The summed E-state index contributed by atoms with van der Waals surface area (Å²) in [4.78, 5) is 29.8. The molecule has 1 aliphatic rings. The second-order valence-electron chi connectivity index (χ2n) is 6.32. The van der Waals surface area contributed by atoms with E-state index in [4.69, 9.17) is 14.2 Å². The Balaban J connectivity index is 1.80. The van der Waals surface area contributed by atoms with Crippen molar-refractivity contribution in [1.82, 2.24) is 9.88 Å². The van der Waals surface area contributed by atoms with Crippen molar-refractivity contribution in [2.75, 3.05) is 46.3 Å². The zero-order chi connectivity index (χ0) is 19.4. The van der Waals surface area contributed by atoms with Gasteiger partial charge in [0.1, 0.15) is 17.4 Å². The lowest BCUT2D eigenvalue weighted by molar-refractivity contribution is -0.130. The summed E-state index contributed by atoms with van der Waals surface area (Å²) < 4.78 is 17.6. The third-order valence-corrected chi connectivity index (χ3v) is 5.25. The van der Waals surface area contributed by atoms with Gasteiger partial charge in [0, 0.05) is 32.5 Å². The Morgan fingerprint density at radius 1 is 1.33 bits per heavy atom. The van der Waals surface area contributed by atoms with Crippen molar-refractivity contribution in [3.63, 3.8) is 0 Å². The third-order valence-electron chi connectivity index (χ3n) is 4.23. The Kier molecular flexibility index (Phi) is 6.25. The van der Waals surface area contributed by atoms with Gasteiger partial charge in [0.25, 0.3) is 0 Å². The number of methoxy groups -OCH3 is 1. The number of benzene rings is 1. The lowest BCUT2D eigenvalue weighted by Gasteiger charge is -2.23. The molecule has 0 spiro atoms. The van der Waals surface area contributed by atoms with Crippen molar-refractivity contribution in [2.45, 2.75) is 18.9 Å². The summed E-state index contributed by atoms with van der Waals surface area (Å²) in [7, 11) is 4.91. The fourth-order valence-corrected chi connectivity index (χ4v) is 3.82. The average Bonchev–Trinajstić information content (AvgIpc) is 3.09. The van der Waals surface area contributed by atoms with Crippen molar-refractivity contribution in [2.24, 2.45) is 0 Å². The summed E-state index contributed by atoms with van der Waals surface area (Å²) in [6.07, 6.45) is 0.0936. The number of hydrogen-bond acceptors (Lipinski definition) is 7. The first-order valence-corrected chi connectivity index (χ1v) is 9.48. The van der Waals surface area contributed by atoms with E-state index in [-0.39, 0.29) is 30.8 Å². The summed E-state index contributed by atoms with van der Waals surface area (Å²) >= 11 is 1.36. The van der Waals surface area contributed by atoms with Gasteiger partial charge in [-0.25, -0.2) is 4.98 Å². The standard InChI is InChI=1S/C18H23N3O5S/c1-21(2)15(23)7-6-14(22)19-18-20-16-12(24-3)5-4-11(17(16)27-18)13-10-25-8-9-26-13/h4-5,13H,6-10H2,1-3H3,(H,19,20,22). The van der Waals surface area contributed by atoms with Crippen molar-refractivity contribution in [1.29, 1.82) is 0 Å². The van der Waals surface area contributed by atoms with E-state index in [9.17, 15) is 9.59 Å². The fraction of sp³-hybridized carbons (Fsp3) is 0.500. The van der Waals surface area contributed by atoms with E-state index in [0.717, 1.165) is 10.3 Å². The second-order valence-corrected chi connectivity index (χ2v) is 7.32. The topological polar surface area (TPSA) is 90.0 Å². The average molecular weight is 393 g/mol. The quantitative estimate of drug-likeness (QED) is 0.809. The molecule has 0 radical (unpaired) electrons. The molecule has 2 amide bonds. The molecular weight excluding hydrogens is 370 g/mol. The van der Waals surface area contributed by atoms with Gasteiger partial charge in [-0.05, 0) is 6.07 Å². The Hall–Kier alpha value is -2.23. The highest BCUT2D eigenvalue weighted by atomic mass is 32.1. The summed E-state index contributed by atoms with van der Waals surface area (Å²) in [5.74, 6) is 0.292. The van der Waals surface area contributed by atoms with Crippen LogP contribution in [0.2, 0.25) is 0 Å². The largest absolute Gasteiger partial charge is 0.494 e. The van der Waals surface area contributed by atoms with Crippen LogP contribution in [0.3, 0.4) is 0 Å². The molecule has 27 heavy (non-hydrogen) atoms.